The Balaban J connectivity index is 2.53. The summed E-state index contributed by atoms with van der Waals surface area (Å²) in [5.74, 6) is 0.343. The molecule has 0 unspecified atom stereocenters. The van der Waals surface area contributed by atoms with E-state index >= 15 is 0 Å². The van der Waals surface area contributed by atoms with Gasteiger partial charge in [0.05, 0.1) is 6.61 Å². The zero-order valence-electron chi connectivity index (χ0n) is 9.71. The molecule has 1 amide bonds. The van der Waals surface area contributed by atoms with Crippen LogP contribution in [-0.4, -0.2) is 12.7 Å². The molecule has 0 atom stereocenters. The Hall–Kier alpha value is -1.03. The number of carbonyl (C=O) groups is 1. The van der Waals surface area contributed by atoms with Gasteiger partial charge in [0.25, 0.3) is 0 Å². The van der Waals surface area contributed by atoms with Crippen molar-refractivity contribution in [2.24, 2.45) is 5.92 Å². The number of hydrogen-bond donors (Lipinski definition) is 1. The van der Waals surface area contributed by atoms with Crippen molar-refractivity contribution in [3.63, 3.8) is 0 Å². The van der Waals surface area contributed by atoms with Crippen molar-refractivity contribution in [3.05, 3.63) is 28.2 Å². The minimum Gasteiger partial charge on any atom is -0.449 e. The van der Waals surface area contributed by atoms with Gasteiger partial charge < -0.3 is 4.74 Å². The highest BCUT2D eigenvalue weighted by atomic mass is 79.9. The van der Waals surface area contributed by atoms with Gasteiger partial charge in [-0.2, -0.15) is 0 Å². The second-order valence-corrected chi connectivity index (χ2v) is 4.94. The molecule has 0 heterocycles. The maximum Gasteiger partial charge on any atom is 0.411 e. The topological polar surface area (TPSA) is 38.3 Å². The van der Waals surface area contributed by atoms with Crippen molar-refractivity contribution in [2.75, 3.05) is 11.9 Å². The molecule has 0 saturated heterocycles. The Labute approximate surface area is 104 Å². The van der Waals surface area contributed by atoms with Gasteiger partial charge >= 0.3 is 6.09 Å². The first-order valence-electron chi connectivity index (χ1n) is 5.19. The fourth-order valence-electron chi connectivity index (χ4n) is 1.07. The SMILES string of the molecule is Cc1ccc(NC(=O)OCC(C)C)cc1Br. The molecule has 0 radical (unpaired) electrons. The smallest absolute Gasteiger partial charge is 0.411 e. The van der Waals surface area contributed by atoms with Crippen LogP contribution in [0.3, 0.4) is 0 Å². The van der Waals surface area contributed by atoms with Crippen LogP contribution in [0.15, 0.2) is 22.7 Å². The molecule has 1 aromatic rings. The molecular weight excluding hydrogens is 270 g/mol. The van der Waals surface area contributed by atoms with Crippen molar-refractivity contribution in [2.45, 2.75) is 20.8 Å². The van der Waals surface area contributed by atoms with Gasteiger partial charge in [-0.25, -0.2) is 4.79 Å². The van der Waals surface area contributed by atoms with E-state index in [9.17, 15) is 4.79 Å². The number of aryl methyl sites for hydroxylation is 1. The average molecular weight is 286 g/mol. The summed E-state index contributed by atoms with van der Waals surface area (Å²) < 4.78 is 5.98. The Kier molecular flexibility index (Phi) is 4.80. The molecule has 3 nitrogen and oxygen atoms in total. The number of hydrogen-bond acceptors (Lipinski definition) is 2. The van der Waals surface area contributed by atoms with Crippen LogP contribution in [0.4, 0.5) is 10.5 Å². The van der Waals surface area contributed by atoms with Gasteiger partial charge in [-0.3, -0.25) is 5.32 Å². The molecule has 1 aromatic carbocycles. The van der Waals surface area contributed by atoms with Crippen LogP contribution in [0, 0.1) is 12.8 Å². The highest BCUT2D eigenvalue weighted by Gasteiger charge is 2.05. The Morgan fingerprint density at radius 2 is 2.19 bits per heavy atom. The van der Waals surface area contributed by atoms with Crippen LogP contribution in [0.5, 0.6) is 0 Å². The van der Waals surface area contributed by atoms with E-state index in [2.05, 4.69) is 21.2 Å². The van der Waals surface area contributed by atoms with Crippen LogP contribution < -0.4 is 5.32 Å². The lowest BCUT2D eigenvalue weighted by atomic mass is 10.2. The standard InChI is InChI=1S/C12H16BrNO2/c1-8(2)7-16-12(15)14-10-5-4-9(3)11(13)6-10/h4-6,8H,7H2,1-3H3,(H,14,15). The number of amides is 1. The van der Waals surface area contributed by atoms with Crippen molar-refractivity contribution < 1.29 is 9.53 Å². The van der Waals surface area contributed by atoms with Crippen molar-refractivity contribution in [3.8, 4) is 0 Å². The van der Waals surface area contributed by atoms with Crippen LogP contribution >= 0.6 is 15.9 Å². The normalized spacial score (nSPS) is 10.3. The highest BCUT2D eigenvalue weighted by molar-refractivity contribution is 9.10. The maximum atomic E-state index is 11.4. The van der Waals surface area contributed by atoms with Crippen molar-refractivity contribution >= 4 is 27.7 Å². The lowest BCUT2D eigenvalue weighted by Gasteiger charge is -2.09. The Morgan fingerprint density at radius 3 is 2.75 bits per heavy atom. The predicted molar refractivity (Wildman–Crippen MR) is 68.7 cm³/mol. The number of anilines is 1. The van der Waals surface area contributed by atoms with E-state index in [0.717, 1.165) is 15.7 Å². The highest BCUT2D eigenvalue weighted by Crippen LogP contribution is 2.20. The van der Waals surface area contributed by atoms with Gasteiger partial charge in [0.2, 0.25) is 0 Å². The minimum atomic E-state index is -0.413. The number of benzene rings is 1. The number of halogens is 1. The molecule has 0 aliphatic heterocycles. The molecule has 4 heteroatoms. The molecular formula is C12H16BrNO2. The van der Waals surface area contributed by atoms with Gasteiger partial charge in [0, 0.05) is 10.2 Å². The van der Waals surface area contributed by atoms with Gasteiger partial charge in [-0.05, 0) is 30.5 Å². The lowest BCUT2D eigenvalue weighted by Crippen LogP contribution is -2.16. The summed E-state index contributed by atoms with van der Waals surface area (Å²) in [5, 5.41) is 2.67. The third kappa shape index (κ3) is 4.23. The van der Waals surface area contributed by atoms with E-state index in [1.807, 2.05) is 39.0 Å². The van der Waals surface area contributed by atoms with E-state index in [4.69, 9.17) is 4.74 Å². The third-order valence-corrected chi connectivity index (χ3v) is 2.82. The van der Waals surface area contributed by atoms with Gasteiger partial charge in [-0.1, -0.05) is 35.8 Å². The fraction of sp³-hybridized carbons (Fsp3) is 0.417. The molecule has 1 rings (SSSR count). The predicted octanol–water partition coefficient (Wildman–Crippen LogP) is 3.96. The second-order valence-electron chi connectivity index (χ2n) is 4.08. The van der Waals surface area contributed by atoms with Crippen LogP contribution in [0.2, 0.25) is 0 Å². The van der Waals surface area contributed by atoms with E-state index in [1.165, 1.54) is 0 Å². The van der Waals surface area contributed by atoms with Gasteiger partial charge in [0.1, 0.15) is 0 Å². The van der Waals surface area contributed by atoms with Gasteiger partial charge in [-0.15, -0.1) is 0 Å². The first-order valence-corrected chi connectivity index (χ1v) is 5.98. The molecule has 0 fully saturated rings. The van der Waals surface area contributed by atoms with E-state index < -0.39 is 6.09 Å². The summed E-state index contributed by atoms with van der Waals surface area (Å²) in [5.41, 5.74) is 1.85. The molecule has 0 spiro atoms. The third-order valence-electron chi connectivity index (χ3n) is 1.97. The first kappa shape index (κ1) is 13.0. The fourth-order valence-corrected chi connectivity index (χ4v) is 1.45. The maximum absolute atomic E-state index is 11.4. The number of carbonyl (C=O) groups excluding carboxylic acids is 1. The first-order chi connectivity index (χ1) is 7.49. The molecule has 16 heavy (non-hydrogen) atoms. The molecule has 88 valence electrons. The monoisotopic (exact) mass is 285 g/mol. The molecule has 0 aromatic heterocycles. The summed E-state index contributed by atoms with van der Waals surface area (Å²) in [7, 11) is 0. The summed E-state index contributed by atoms with van der Waals surface area (Å²) in [6.45, 7) is 6.41. The zero-order chi connectivity index (χ0) is 12.1. The number of rotatable bonds is 3. The van der Waals surface area contributed by atoms with E-state index in [-0.39, 0.29) is 0 Å². The summed E-state index contributed by atoms with van der Waals surface area (Å²) in [6, 6.07) is 5.63. The van der Waals surface area contributed by atoms with Crippen LogP contribution in [0.1, 0.15) is 19.4 Å². The van der Waals surface area contributed by atoms with Crippen molar-refractivity contribution in [1.29, 1.82) is 0 Å². The molecule has 1 N–H and O–H groups in total. The summed E-state index contributed by atoms with van der Waals surface area (Å²) in [4.78, 5) is 11.4. The minimum absolute atomic E-state index is 0.343. The molecule has 0 saturated carbocycles. The largest absolute Gasteiger partial charge is 0.449 e. The quantitative estimate of drug-likeness (QED) is 0.913. The summed E-state index contributed by atoms with van der Waals surface area (Å²) >= 11 is 3.41. The Morgan fingerprint density at radius 1 is 1.50 bits per heavy atom. The van der Waals surface area contributed by atoms with Crippen molar-refractivity contribution in [1.82, 2.24) is 0 Å². The van der Waals surface area contributed by atoms with Crippen LogP contribution in [-0.2, 0) is 4.74 Å². The average Bonchev–Trinajstić information content (AvgIpc) is 2.21. The van der Waals surface area contributed by atoms with E-state index in [0.29, 0.717) is 12.5 Å². The lowest BCUT2D eigenvalue weighted by molar-refractivity contribution is 0.147. The molecule has 0 aliphatic carbocycles. The molecule has 0 bridgehead atoms. The Bertz CT molecular complexity index is 377. The molecule has 0 aliphatic rings. The van der Waals surface area contributed by atoms with E-state index in [1.54, 1.807) is 0 Å². The summed E-state index contributed by atoms with van der Waals surface area (Å²) in [6.07, 6.45) is -0.413. The number of ether oxygens (including phenoxy) is 1. The van der Waals surface area contributed by atoms with Gasteiger partial charge in [0.15, 0.2) is 0 Å². The van der Waals surface area contributed by atoms with Crippen LogP contribution in [0.25, 0.3) is 0 Å². The second kappa shape index (κ2) is 5.89. The number of nitrogens with one attached hydrogen (secondary N) is 1. The zero-order valence-corrected chi connectivity index (χ0v) is 11.3.